The SMILES string of the molecule is COC(=O)C(C(C)=O)N(C(=O)OC(C)(C)C)C(=O)OC(C)(C)C. The molecule has 0 spiro atoms. The summed E-state index contributed by atoms with van der Waals surface area (Å²) in [6, 6.07) is -1.77. The van der Waals surface area contributed by atoms with Gasteiger partial charge in [0.15, 0.2) is 5.78 Å². The lowest BCUT2D eigenvalue weighted by molar-refractivity contribution is -0.150. The first-order chi connectivity index (χ1) is 10.2. The Balaban J connectivity index is 5.77. The van der Waals surface area contributed by atoms with E-state index in [0.29, 0.717) is 4.90 Å². The van der Waals surface area contributed by atoms with E-state index in [1.165, 1.54) is 0 Å². The quantitative estimate of drug-likeness (QED) is 0.444. The van der Waals surface area contributed by atoms with E-state index in [4.69, 9.17) is 9.47 Å². The van der Waals surface area contributed by atoms with Gasteiger partial charge in [0.25, 0.3) is 0 Å². The Labute approximate surface area is 136 Å². The summed E-state index contributed by atoms with van der Waals surface area (Å²) in [6.07, 6.45) is -2.34. The number of imide groups is 1. The van der Waals surface area contributed by atoms with E-state index in [1.54, 1.807) is 41.5 Å². The van der Waals surface area contributed by atoms with Crippen molar-refractivity contribution in [2.75, 3.05) is 7.11 Å². The number of esters is 1. The predicted octanol–water partition coefficient (Wildman–Crippen LogP) is 2.29. The minimum absolute atomic E-state index is 0.338. The van der Waals surface area contributed by atoms with Gasteiger partial charge in [-0.2, -0.15) is 4.90 Å². The van der Waals surface area contributed by atoms with Gasteiger partial charge in [0.1, 0.15) is 11.2 Å². The van der Waals surface area contributed by atoms with Crippen molar-refractivity contribution in [1.82, 2.24) is 4.90 Å². The Morgan fingerprint density at radius 2 is 1.17 bits per heavy atom. The molecule has 0 rings (SSSR count). The van der Waals surface area contributed by atoms with E-state index in [-0.39, 0.29) is 0 Å². The number of Topliss-reactive ketones (excluding diaryl/α,β-unsaturated/α-hetero) is 1. The van der Waals surface area contributed by atoms with Crippen LogP contribution >= 0.6 is 0 Å². The minimum atomic E-state index is -1.77. The monoisotopic (exact) mass is 331 g/mol. The van der Waals surface area contributed by atoms with Crippen molar-refractivity contribution < 1.29 is 33.4 Å². The highest BCUT2D eigenvalue weighted by Crippen LogP contribution is 2.18. The fraction of sp³-hybridized carbons (Fsp3) is 0.733. The standard InChI is InChI=1S/C15H25NO7/c1-9(17)10(11(18)21-8)16(12(19)22-14(2,3)4)13(20)23-15(5,6)7/h10H,1-8H3. The first kappa shape index (κ1) is 20.9. The average Bonchev–Trinajstić information content (AvgIpc) is 2.29. The van der Waals surface area contributed by atoms with Gasteiger partial charge in [0, 0.05) is 0 Å². The van der Waals surface area contributed by atoms with E-state index in [1.807, 2.05) is 0 Å². The molecular formula is C15H25NO7. The number of nitrogens with zero attached hydrogens (tertiary/aromatic N) is 1. The highest BCUT2D eigenvalue weighted by atomic mass is 16.6. The second-order valence-corrected chi connectivity index (χ2v) is 6.87. The first-order valence-corrected chi connectivity index (χ1v) is 7.03. The molecule has 0 fully saturated rings. The van der Waals surface area contributed by atoms with Crippen LogP contribution < -0.4 is 0 Å². The number of methoxy groups -OCH3 is 1. The van der Waals surface area contributed by atoms with Crippen LogP contribution in [0.15, 0.2) is 0 Å². The summed E-state index contributed by atoms with van der Waals surface area (Å²) in [5, 5.41) is 0. The molecule has 8 nitrogen and oxygen atoms in total. The van der Waals surface area contributed by atoms with Crippen molar-refractivity contribution in [2.24, 2.45) is 0 Å². The Hall–Kier alpha value is -2.12. The molecule has 0 saturated carbocycles. The molecule has 0 aromatic heterocycles. The van der Waals surface area contributed by atoms with Crippen LogP contribution in [0.3, 0.4) is 0 Å². The van der Waals surface area contributed by atoms with Crippen molar-refractivity contribution in [3.05, 3.63) is 0 Å². The summed E-state index contributed by atoms with van der Waals surface area (Å²) < 4.78 is 14.7. The van der Waals surface area contributed by atoms with Crippen LogP contribution in [-0.4, -0.2) is 53.2 Å². The molecule has 0 bridgehead atoms. The maximum Gasteiger partial charge on any atom is 0.421 e. The first-order valence-electron chi connectivity index (χ1n) is 7.03. The lowest BCUT2D eigenvalue weighted by atomic mass is 10.1. The molecule has 0 N–H and O–H groups in total. The van der Waals surface area contributed by atoms with E-state index >= 15 is 0 Å². The molecular weight excluding hydrogens is 306 g/mol. The fourth-order valence-corrected chi connectivity index (χ4v) is 1.47. The van der Waals surface area contributed by atoms with Gasteiger partial charge >= 0.3 is 18.2 Å². The summed E-state index contributed by atoms with van der Waals surface area (Å²) in [5.74, 6) is -1.82. The van der Waals surface area contributed by atoms with Crippen LogP contribution in [0.2, 0.25) is 0 Å². The van der Waals surface area contributed by atoms with Gasteiger partial charge < -0.3 is 14.2 Å². The van der Waals surface area contributed by atoms with Crippen molar-refractivity contribution in [2.45, 2.75) is 65.7 Å². The second-order valence-electron chi connectivity index (χ2n) is 6.87. The summed E-state index contributed by atoms with van der Waals surface area (Å²) in [6.45, 7) is 10.6. The number of ether oxygens (including phenoxy) is 3. The molecule has 1 unspecified atom stereocenters. The van der Waals surface area contributed by atoms with Crippen LogP contribution in [0.25, 0.3) is 0 Å². The Morgan fingerprint density at radius 3 is 1.39 bits per heavy atom. The minimum Gasteiger partial charge on any atom is -0.467 e. The molecule has 23 heavy (non-hydrogen) atoms. The molecule has 0 saturated heterocycles. The predicted molar refractivity (Wildman–Crippen MR) is 80.8 cm³/mol. The van der Waals surface area contributed by atoms with Gasteiger partial charge in [-0.05, 0) is 48.5 Å². The van der Waals surface area contributed by atoms with Gasteiger partial charge in [-0.25, -0.2) is 14.4 Å². The third kappa shape index (κ3) is 7.12. The van der Waals surface area contributed by atoms with Gasteiger partial charge in [-0.15, -0.1) is 0 Å². The number of carbonyl (C=O) groups excluding carboxylic acids is 4. The fourth-order valence-electron chi connectivity index (χ4n) is 1.47. The van der Waals surface area contributed by atoms with E-state index in [9.17, 15) is 19.2 Å². The zero-order chi connectivity index (χ0) is 18.6. The van der Waals surface area contributed by atoms with E-state index in [2.05, 4.69) is 4.74 Å². The maximum atomic E-state index is 12.3. The lowest BCUT2D eigenvalue weighted by Gasteiger charge is -2.31. The van der Waals surface area contributed by atoms with Gasteiger partial charge in [-0.3, -0.25) is 4.79 Å². The third-order valence-electron chi connectivity index (χ3n) is 2.25. The normalized spacial score (nSPS) is 12.9. The smallest absolute Gasteiger partial charge is 0.421 e. The number of hydrogen-bond donors (Lipinski definition) is 0. The van der Waals surface area contributed by atoms with Crippen LogP contribution in [-0.2, 0) is 23.8 Å². The summed E-state index contributed by atoms with van der Waals surface area (Å²) in [4.78, 5) is 48.5. The molecule has 0 aromatic carbocycles. The van der Waals surface area contributed by atoms with Crippen molar-refractivity contribution in [3.8, 4) is 0 Å². The highest BCUT2D eigenvalue weighted by molar-refractivity contribution is 6.08. The largest absolute Gasteiger partial charge is 0.467 e. The second kappa shape index (κ2) is 7.43. The van der Waals surface area contributed by atoms with Crippen molar-refractivity contribution in [3.63, 3.8) is 0 Å². The van der Waals surface area contributed by atoms with Crippen LogP contribution in [0.4, 0.5) is 9.59 Å². The molecule has 0 radical (unpaired) electrons. The van der Waals surface area contributed by atoms with Crippen LogP contribution in [0, 0.1) is 0 Å². The summed E-state index contributed by atoms with van der Waals surface area (Å²) in [7, 11) is 1.04. The summed E-state index contributed by atoms with van der Waals surface area (Å²) in [5.41, 5.74) is -1.87. The number of hydrogen-bond acceptors (Lipinski definition) is 7. The molecule has 0 heterocycles. The Morgan fingerprint density at radius 1 is 0.826 bits per heavy atom. The molecule has 0 aromatic rings. The topological polar surface area (TPSA) is 99.2 Å². The number of ketones is 1. The van der Waals surface area contributed by atoms with Crippen LogP contribution in [0.1, 0.15) is 48.5 Å². The summed E-state index contributed by atoms with van der Waals surface area (Å²) >= 11 is 0. The van der Waals surface area contributed by atoms with E-state index < -0.39 is 41.2 Å². The number of carbonyl (C=O) groups is 4. The molecule has 0 aliphatic heterocycles. The lowest BCUT2D eigenvalue weighted by Crippen LogP contribution is -2.55. The average molecular weight is 331 g/mol. The van der Waals surface area contributed by atoms with Crippen molar-refractivity contribution >= 4 is 23.9 Å². The molecule has 132 valence electrons. The number of amides is 2. The highest BCUT2D eigenvalue weighted by Gasteiger charge is 2.43. The van der Waals surface area contributed by atoms with Crippen LogP contribution in [0.5, 0.6) is 0 Å². The number of rotatable bonds is 3. The zero-order valence-electron chi connectivity index (χ0n) is 14.9. The molecule has 2 amide bonds. The Kier molecular flexibility index (Phi) is 6.75. The van der Waals surface area contributed by atoms with Gasteiger partial charge in [0.2, 0.25) is 6.04 Å². The van der Waals surface area contributed by atoms with Gasteiger partial charge in [0.05, 0.1) is 7.11 Å². The van der Waals surface area contributed by atoms with E-state index in [0.717, 1.165) is 14.0 Å². The van der Waals surface area contributed by atoms with Crippen molar-refractivity contribution in [1.29, 1.82) is 0 Å². The third-order valence-corrected chi connectivity index (χ3v) is 2.25. The zero-order valence-corrected chi connectivity index (χ0v) is 14.9. The maximum absolute atomic E-state index is 12.3. The van der Waals surface area contributed by atoms with Gasteiger partial charge in [-0.1, -0.05) is 0 Å². The molecule has 1 atom stereocenters. The Bertz CT molecular complexity index is 457. The molecule has 8 heteroatoms. The molecule has 0 aliphatic rings. The molecule has 0 aliphatic carbocycles.